The van der Waals surface area contributed by atoms with Crippen LogP contribution in [0.2, 0.25) is 0 Å². The van der Waals surface area contributed by atoms with Crippen molar-refractivity contribution in [3.63, 3.8) is 0 Å². The number of urea groups is 1. The Morgan fingerprint density at radius 2 is 2.16 bits per heavy atom. The van der Waals surface area contributed by atoms with Crippen LogP contribution in [0.15, 0.2) is 24.3 Å². The zero-order valence-electron chi connectivity index (χ0n) is 10.1. The number of carbonyl (C=O) groups is 2. The number of carboxylic acid groups (broad SMARTS) is 1. The molecule has 6 heteroatoms. The van der Waals surface area contributed by atoms with Gasteiger partial charge in [0.1, 0.15) is 6.04 Å². The third kappa shape index (κ3) is 4.69. The molecule has 0 aliphatic heterocycles. The third-order valence-corrected chi connectivity index (χ3v) is 2.31. The van der Waals surface area contributed by atoms with E-state index in [1.54, 1.807) is 24.3 Å². The molecule has 2 amide bonds. The van der Waals surface area contributed by atoms with Crippen LogP contribution in [-0.2, 0) is 4.79 Å². The van der Waals surface area contributed by atoms with Gasteiger partial charge in [0.25, 0.3) is 0 Å². The second-order valence-electron chi connectivity index (χ2n) is 3.73. The van der Waals surface area contributed by atoms with Crippen molar-refractivity contribution in [2.24, 2.45) is 0 Å². The number of benzene rings is 1. The zero-order chi connectivity index (χ0) is 14.3. The number of aliphatic hydroxyl groups excluding tert-OH is 1. The van der Waals surface area contributed by atoms with Crippen LogP contribution in [0.5, 0.6) is 0 Å². The minimum absolute atomic E-state index is 0.0624. The SMILES string of the molecule is C#Cc1cccc(NC(=O)N[C@H](CCO)C(=O)O)c1. The lowest BCUT2D eigenvalue weighted by Crippen LogP contribution is -2.43. The van der Waals surface area contributed by atoms with E-state index in [1.165, 1.54) is 0 Å². The van der Waals surface area contributed by atoms with E-state index in [4.69, 9.17) is 16.6 Å². The van der Waals surface area contributed by atoms with Crippen molar-refractivity contribution in [2.75, 3.05) is 11.9 Å². The molecule has 1 rings (SSSR count). The number of terminal acetylenes is 1. The molecule has 0 unspecified atom stereocenters. The summed E-state index contributed by atoms with van der Waals surface area (Å²) in [5.41, 5.74) is 1.06. The summed E-state index contributed by atoms with van der Waals surface area (Å²) in [6.07, 6.45) is 5.16. The molecule has 4 N–H and O–H groups in total. The second-order valence-corrected chi connectivity index (χ2v) is 3.73. The molecule has 0 saturated heterocycles. The van der Waals surface area contributed by atoms with Crippen molar-refractivity contribution in [3.05, 3.63) is 29.8 Å². The van der Waals surface area contributed by atoms with Gasteiger partial charge in [-0.25, -0.2) is 9.59 Å². The summed E-state index contributed by atoms with van der Waals surface area (Å²) in [6.45, 7) is -0.330. The van der Waals surface area contributed by atoms with E-state index < -0.39 is 18.0 Å². The Morgan fingerprint density at radius 3 is 2.74 bits per heavy atom. The van der Waals surface area contributed by atoms with Crippen LogP contribution in [0, 0.1) is 12.3 Å². The van der Waals surface area contributed by atoms with Gasteiger partial charge in [-0.15, -0.1) is 6.42 Å². The van der Waals surface area contributed by atoms with Gasteiger partial charge in [0.2, 0.25) is 0 Å². The van der Waals surface area contributed by atoms with Gasteiger partial charge in [-0.2, -0.15) is 0 Å². The number of aliphatic carboxylic acids is 1. The Labute approximate surface area is 110 Å². The number of hydrogen-bond acceptors (Lipinski definition) is 3. The molecule has 0 saturated carbocycles. The van der Waals surface area contributed by atoms with Gasteiger partial charge in [0, 0.05) is 24.3 Å². The van der Waals surface area contributed by atoms with Gasteiger partial charge in [-0.3, -0.25) is 0 Å². The average molecular weight is 262 g/mol. The van der Waals surface area contributed by atoms with Crippen molar-refractivity contribution in [1.82, 2.24) is 5.32 Å². The van der Waals surface area contributed by atoms with Crippen LogP contribution in [0.25, 0.3) is 0 Å². The molecule has 100 valence electrons. The highest BCUT2D eigenvalue weighted by molar-refractivity contribution is 5.92. The number of rotatable bonds is 5. The fourth-order valence-electron chi connectivity index (χ4n) is 1.40. The maximum Gasteiger partial charge on any atom is 0.326 e. The monoisotopic (exact) mass is 262 g/mol. The number of nitrogens with one attached hydrogen (secondary N) is 2. The second kappa shape index (κ2) is 7.03. The largest absolute Gasteiger partial charge is 0.480 e. The molecule has 0 bridgehead atoms. The Kier molecular flexibility index (Phi) is 5.38. The maximum atomic E-state index is 11.6. The van der Waals surface area contributed by atoms with E-state index in [9.17, 15) is 9.59 Å². The number of carbonyl (C=O) groups excluding carboxylic acids is 1. The number of aliphatic hydroxyl groups is 1. The number of carboxylic acids is 1. The summed E-state index contributed by atoms with van der Waals surface area (Å²) in [6, 6.07) is 4.78. The van der Waals surface area contributed by atoms with E-state index in [0.717, 1.165) is 0 Å². The smallest absolute Gasteiger partial charge is 0.326 e. The van der Waals surface area contributed by atoms with Crippen LogP contribution < -0.4 is 10.6 Å². The van der Waals surface area contributed by atoms with Gasteiger partial charge in [0.15, 0.2) is 0 Å². The highest BCUT2D eigenvalue weighted by Crippen LogP contribution is 2.09. The van der Waals surface area contributed by atoms with E-state index in [1.807, 2.05) is 0 Å². The minimum Gasteiger partial charge on any atom is -0.480 e. The summed E-state index contributed by atoms with van der Waals surface area (Å²) in [5.74, 6) is 1.21. The lowest BCUT2D eigenvalue weighted by molar-refractivity contribution is -0.139. The first-order chi connectivity index (χ1) is 9.06. The molecule has 1 aromatic rings. The average Bonchev–Trinajstić information content (AvgIpc) is 2.38. The molecule has 0 heterocycles. The number of hydrogen-bond donors (Lipinski definition) is 4. The van der Waals surface area contributed by atoms with Gasteiger partial charge in [0.05, 0.1) is 0 Å². The van der Waals surface area contributed by atoms with Gasteiger partial charge in [-0.05, 0) is 18.2 Å². The molecule has 1 aromatic carbocycles. The van der Waals surface area contributed by atoms with Crippen molar-refractivity contribution < 1.29 is 19.8 Å². The molecule has 6 nitrogen and oxygen atoms in total. The molecule has 0 radical (unpaired) electrons. The predicted molar refractivity (Wildman–Crippen MR) is 69.7 cm³/mol. The van der Waals surface area contributed by atoms with Crippen LogP contribution in [0.3, 0.4) is 0 Å². The normalized spacial score (nSPS) is 11.2. The summed E-state index contributed by atoms with van der Waals surface area (Å²) in [4.78, 5) is 22.4. The summed E-state index contributed by atoms with van der Waals surface area (Å²) in [7, 11) is 0. The molecule has 0 aliphatic carbocycles. The Hall–Kier alpha value is -2.52. The van der Waals surface area contributed by atoms with Gasteiger partial charge < -0.3 is 20.8 Å². The molecule has 19 heavy (non-hydrogen) atoms. The van der Waals surface area contributed by atoms with E-state index in [0.29, 0.717) is 11.3 Å². The molecule has 1 atom stereocenters. The standard InChI is InChI=1S/C13H14N2O4/c1-2-9-4-3-5-10(8-9)14-13(19)15-11(6-7-16)12(17)18/h1,3-5,8,11,16H,6-7H2,(H,17,18)(H2,14,15,19)/t11-/m1/s1. The number of anilines is 1. The fraction of sp³-hybridized carbons (Fsp3) is 0.231. The Bertz CT molecular complexity index is 508. The van der Waals surface area contributed by atoms with Crippen molar-refractivity contribution >= 4 is 17.7 Å². The first kappa shape index (κ1) is 14.5. The quantitative estimate of drug-likeness (QED) is 0.585. The molecule has 0 spiro atoms. The lowest BCUT2D eigenvalue weighted by atomic mass is 10.2. The third-order valence-electron chi connectivity index (χ3n) is 2.31. The van der Waals surface area contributed by atoms with Crippen LogP contribution >= 0.6 is 0 Å². The number of amides is 2. The summed E-state index contributed by atoms with van der Waals surface area (Å²) < 4.78 is 0. The highest BCUT2D eigenvalue weighted by Gasteiger charge is 2.19. The molecular weight excluding hydrogens is 248 g/mol. The maximum absolute atomic E-state index is 11.6. The van der Waals surface area contributed by atoms with Gasteiger partial charge in [-0.1, -0.05) is 12.0 Å². The Morgan fingerprint density at radius 1 is 1.42 bits per heavy atom. The highest BCUT2D eigenvalue weighted by atomic mass is 16.4. The molecule has 0 aliphatic rings. The van der Waals surface area contributed by atoms with Crippen LogP contribution in [0.1, 0.15) is 12.0 Å². The van der Waals surface area contributed by atoms with E-state index >= 15 is 0 Å². The Balaban J connectivity index is 2.63. The summed E-state index contributed by atoms with van der Waals surface area (Å²) in [5, 5.41) is 22.2. The van der Waals surface area contributed by atoms with Crippen LogP contribution in [0.4, 0.5) is 10.5 Å². The van der Waals surface area contributed by atoms with Crippen molar-refractivity contribution in [2.45, 2.75) is 12.5 Å². The molecule has 0 fully saturated rings. The zero-order valence-corrected chi connectivity index (χ0v) is 10.1. The van der Waals surface area contributed by atoms with Crippen LogP contribution in [-0.4, -0.2) is 34.9 Å². The summed E-state index contributed by atoms with van der Waals surface area (Å²) >= 11 is 0. The van der Waals surface area contributed by atoms with Gasteiger partial charge >= 0.3 is 12.0 Å². The van der Waals surface area contributed by atoms with Crippen molar-refractivity contribution in [1.29, 1.82) is 0 Å². The predicted octanol–water partition coefficient (Wildman–Crippen LogP) is 0.625. The molecule has 0 aromatic heterocycles. The topological polar surface area (TPSA) is 98.7 Å². The first-order valence-electron chi connectivity index (χ1n) is 5.54. The fourth-order valence-corrected chi connectivity index (χ4v) is 1.40. The minimum atomic E-state index is -1.21. The first-order valence-corrected chi connectivity index (χ1v) is 5.54. The van der Waals surface area contributed by atoms with Crippen molar-refractivity contribution in [3.8, 4) is 12.3 Å². The van der Waals surface area contributed by atoms with E-state index in [2.05, 4.69) is 16.6 Å². The van der Waals surface area contributed by atoms with E-state index in [-0.39, 0.29) is 13.0 Å². The molecular formula is C13H14N2O4. The lowest BCUT2D eigenvalue weighted by Gasteiger charge is -2.14.